The molecule has 1 aliphatic carbocycles. The van der Waals surface area contributed by atoms with E-state index in [9.17, 15) is 4.39 Å². The molecule has 0 aromatic heterocycles. The number of anilines is 1. The second kappa shape index (κ2) is 5.50. The molecular weight excluding hydrogens is 215 g/mol. The van der Waals surface area contributed by atoms with E-state index in [1.54, 1.807) is 12.1 Å². The molecule has 0 atom stereocenters. The van der Waals surface area contributed by atoms with Crippen molar-refractivity contribution in [1.29, 1.82) is 0 Å². The lowest BCUT2D eigenvalue weighted by molar-refractivity contribution is 0.392. The minimum atomic E-state index is -0.201. The average molecular weight is 236 g/mol. The van der Waals surface area contributed by atoms with Gasteiger partial charge in [-0.1, -0.05) is 25.7 Å². The quantitative estimate of drug-likeness (QED) is 0.790. The third kappa shape index (κ3) is 3.70. The van der Waals surface area contributed by atoms with Crippen molar-refractivity contribution >= 4 is 5.69 Å². The van der Waals surface area contributed by atoms with Gasteiger partial charge in [-0.25, -0.2) is 4.39 Å². The van der Waals surface area contributed by atoms with Gasteiger partial charge in [0.15, 0.2) is 0 Å². The standard InChI is InChI=1S/C14H21FN2/c15-12-5-7-13(8-6-12)17-11-14(16)9-3-1-2-4-10-14/h5-8,17H,1-4,9-11,16H2. The van der Waals surface area contributed by atoms with Gasteiger partial charge in [-0.3, -0.25) is 0 Å². The summed E-state index contributed by atoms with van der Waals surface area (Å²) >= 11 is 0. The van der Waals surface area contributed by atoms with E-state index in [1.165, 1.54) is 37.8 Å². The number of hydrogen-bond acceptors (Lipinski definition) is 2. The first kappa shape index (κ1) is 12.4. The molecule has 0 bridgehead atoms. The third-order valence-electron chi connectivity index (χ3n) is 3.59. The molecule has 94 valence electrons. The van der Waals surface area contributed by atoms with Crippen LogP contribution in [0.25, 0.3) is 0 Å². The molecule has 3 heteroatoms. The summed E-state index contributed by atoms with van der Waals surface area (Å²) in [5, 5.41) is 3.32. The monoisotopic (exact) mass is 236 g/mol. The first-order valence-corrected chi connectivity index (χ1v) is 6.46. The molecule has 0 heterocycles. The van der Waals surface area contributed by atoms with E-state index in [0.29, 0.717) is 0 Å². The Morgan fingerprint density at radius 2 is 1.65 bits per heavy atom. The van der Waals surface area contributed by atoms with Gasteiger partial charge in [0.1, 0.15) is 5.82 Å². The van der Waals surface area contributed by atoms with E-state index in [-0.39, 0.29) is 11.4 Å². The Balaban J connectivity index is 1.89. The number of benzene rings is 1. The predicted octanol–water partition coefficient (Wildman–Crippen LogP) is 3.29. The largest absolute Gasteiger partial charge is 0.383 e. The smallest absolute Gasteiger partial charge is 0.123 e. The molecule has 3 N–H and O–H groups in total. The lowest BCUT2D eigenvalue weighted by atomic mass is 9.91. The Kier molecular flexibility index (Phi) is 4.00. The Hall–Kier alpha value is -1.09. The maximum Gasteiger partial charge on any atom is 0.123 e. The van der Waals surface area contributed by atoms with E-state index in [4.69, 9.17) is 5.73 Å². The van der Waals surface area contributed by atoms with Crippen molar-refractivity contribution in [2.24, 2.45) is 5.73 Å². The first-order valence-electron chi connectivity index (χ1n) is 6.46. The molecule has 0 unspecified atom stereocenters. The summed E-state index contributed by atoms with van der Waals surface area (Å²) in [6, 6.07) is 6.46. The van der Waals surface area contributed by atoms with Crippen molar-refractivity contribution < 1.29 is 4.39 Å². The lowest BCUT2D eigenvalue weighted by Gasteiger charge is -2.28. The SMILES string of the molecule is NC1(CNc2ccc(F)cc2)CCCCCC1. The summed E-state index contributed by atoms with van der Waals surface area (Å²) in [6.07, 6.45) is 7.22. The van der Waals surface area contributed by atoms with Crippen LogP contribution in [0.5, 0.6) is 0 Å². The van der Waals surface area contributed by atoms with Crippen LogP contribution in [0.2, 0.25) is 0 Å². The molecule has 1 saturated carbocycles. The van der Waals surface area contributed by atoms with Crippen LogP contribution in [0.4, 0.5) is 10.1 Å². The van der Waals surface area contributed by atoms with Crippen molar-refractivity contribution in [3.63, 3.8) is 0 Å². The molecule has 0 radical (unpaired) electrons. The Morgan fingerprint density at radius 1 is 1.06 bits per heavy atom. The molecule has 17 heavy (non-hydrogen) atoms. The van der Waals surface area contributed by atoms with Crippen LogP contribution >= 0.6 is 0 Å². The van der Waals surface area contributed by atoms with Gasteiger partial charge < -0.3 is 11.1 Å². The molecule has 0 spiro atoms. The summed E-state index contributed by atoms with van der Waals surface area (Å²) in [7, 11) is 0. The number of rotatable bonds is 3. The van der Waals surface area contributed by atoms with Crippen LogP contribution in [0.1, 0.15) is 38.5 Å². The predicted molar refractivity (Wildman–Crippen MR) is 69.5 cm³/mol. The Bertz CT molecular complexity index is 340. The fraction of sp³-hybridized carbons (Fsp3) is 0.571. The zero-order valence-electron chi connectivity index (χ0n) is 10.2. The van der Waals surface area contributed by atoms with Crippen molar-refractivity contribution in [2.45, 2.75) is 44.1 Å². The highest BCUT2D eigenvalue weighted by Crippen LogP contribution is 2.25. The van der Waals surface area contributed by atoms with Gasteiger partial charge in [0, 0.05) is 17.8 Å². The number of hydrogen-bond donors (Lipinski definition) is 2. The average Bonchev–Trinajstić information content (AvgIpc) is 2.54. The molecule has 1 aromatic rings. The van der Waals surface area contributed by atoms with Crippen LogP contribution in [0.15, 0.2) is 24.3 Å². The number of halogens is 1. The minimum Gasteiger partial charge on any atom is -0.383 e. The molecule has 1 aromatic carbocycles. The van der Waals surface area contributed by atoms with Crippen molar-refractivity contribution in [3.05, 3.63) is 30.1 Å². The highest BCUT2D eigenvalue weighted by Gasteiger charge is 2.25. The number of nitrogens with one attached hydrogen (secondary N) is 1. The third-order valence-corrected chi connectivity index (χ3v) is 3.59. The van der Waals surface area contributed by atoms with Gasteiger partial charge in [-0.2, -0.15) is 0 Å². The van der Waals surface area contributed by atoms with Gasteiger partial charge >= 0.3 is 0 Å². The zero-order chi connectivity index (χ0) is 12.1. The molecule has 1 fully saturated rings. The molecule has 0 aliphatic heterocycles. The van der Waals surface area contributed by atoms with Gasteiger partial charge in [-0.15, -0.1) is 0 Å². The van der Waals surface area contributed by atoms with Crippen molar-refractivity contribution in [2.75, 3.05) is 11.9 Å². The Morgan fingerprint density at radius 3 is 2.24 bits per heavy atom. The topological polar surface area (TPSA) is 38.0 Å². The highest BCUT2D eigenvalue weighted by atomic mass is 19.1. The Labute approximate surface area is 102 Å². The van der Waals surface area contributed by atoms with E-state index < -0.39 is 0 Å². The molecule has 0 amide bonds. The second-order valence-corrected chi connectivity index (χ2v) is 5.14. The van der Waals surface area contributed by atoms with Gasteiger partial charge in [0.05, 0.1) is 0 Å². The van der Waals surface area contributed by atoms with Gasteiger partial charge in [-0.05, 0) is 37.1 Å². The minimum absolute atomic E-state index is 0.0924. The lowest BCUT2D eigenvalue weighted by Crippen LogP contribution is -2.45. The maximum atomic E-state index is 12.8. The molecule has 2 rings (SSSR count). The second-order valence-electron chi connectivity index (χ2n) is 5.14. The van der Waals surface area contributed by atoms with Crippen molar-refractivity contribution in [1.82, 2.24) is 0 Å². The normalized spacial score (nSPS) is 19.6. The summed E-state index contributed by atoms with van der Waals surface area (Å²) < 4.78 is 12.8. The zero-order valence-corrected chi connectivity index (χ0v) is 10.2. The molecule has 2 nitrogen and oxygen atoms in total. The van der Waals surface area contributed by atoms with E-state index in [1.807, 2.05) is 0 Å². The summed E-state index contributed by atoms with van der Waals surface area (Å²) in [4.78, 5) is 0. The summed E-state index contributed by atoms with van der Waals surface area (Å²) in [5.41, 5.74) is 7.25. The van der Waals surface area contributed by atoms with Crippen LogP contribution in [-0.4, -0.2) is 12.1 Å². The van der Waals surface area contributed by atoms with E-state index in [2.05, 4.69) is 5.32 Å². The van der Waals surface area contributed by atoms with Gasteiger partial charge in [0.2, 0.25) is 0 Å². The fourth-order valence-corrected chi connectivity index (χ4v) is 2.46. The van der Waals surface area contributed by atoms with Crippen LogP contribution < -0.4 is 11.1 Å². The molecule has 0 saturated heterocycles. The number of nitrogens with two attached hydrogens (primary N) is 1. The van der Waals surface area contributed by atoms with Crippen LogP contribution in [-0.2, 0) is 0 Å². The van der Waals surface area contributed by atoms with Crippen LogP contribution in [0.3, 0.4) is 0 Å². The van der Waals surface area contributed by atoms with E-state index in [0.717, 1.165) is 25.1 Å². The van der Waals surface area contributed by atoms with E-state index >= 15 is 0 Å². The molecular formula is C14H21FN2. The van der Waals surface area contributed by atoms with Crippen molar-refractivity contribution in [3.8, 4) is 0 Å². The molecule has 1 aliphatic rings. The first-order chi connectivity index (χ1) is 8.18. The summed E-state index contributed by atoms with van der Waals surface area (Å²) in [6.45, 7) is 0.776. The highest BCUT2D eigenvalue weighted by molar-refractivity contribution is 5.43. The van der Waals surface area contributed by atoms with Crippen LogP contribution in [0, 0.1) is 5.82 Å². The summed E-state index contributed by atoms with van der Waals surface area (Å²) in [5.74, 6) is -0.201. The fourth-order valence-electron chi connectivity index (χ4n) is 2.46. The van der Waals surface area contributed by atoms with Gasteiger partial charge in [0.25, 0.3) is 0 Å². The maximum absolute atomic E-state index is 12.8.